The number of aldehydes is 1. The van der Waals surface area contributed by atoms with Crippen LogP contribution in [-0.2, 0) is 4.79 Å². The van der Waals surface area contributed by atoms with Gasteiger partial charge in [-0.2, -0.15) is 0 Å². The van der Waals surface area contributed by atoms with E-state index in [4.69, 9.17) is 18.9 Å². The topological polar surface area (TPSA) is 54.0 Å². The van der Waals surface area contributed by atoms with Crippen molar-refractivity contribution in [2.75, 3.05) is 28.4 Å². The highest BCUT2D eigenvalue weighted by Gasteiger charge is 2.18. The lowest BCUT2D eigenvalue weighted by molar-refractivity contribution is -0.108. The molecule has 0 heterocycles. The Bertz CT molecular complexity index is 659. The monoisotopic (exact) mass is 316 g/mol. The molecule has 0 N–H and O–H groups in total. The lowest BCUT2D eigenvalue weighted by atomic mass is 9.92. The van der Waals surface area contributed by atoms with Crippen LogP contribution < -0.4 is 18.9 Å². The molecule has 2 aromatic carbocycles. The summed E-state index contributed by atoms with van der Waals surface area (Å²) >= 11 is 0. The van der Waals surface area contributed by atoms with Crippen molar-refractivity contribution >= 4 is 6.29 Å². The number of rotatable bonds is 7. The van der Waals surface area contributed by atoms with Crippen molar-refractivity contribution in [3.8, 4) is 23.0 Å². The Kier molecular flexibility index (Phi) is 5.46. The number of carbonyl (C=O) groups excluding carboxylic acids is 1. The van der Waals surface area contributed by atoms with Crippen LogP contribution in [0.3, 0.4) is 0 Å². The Morgan fingerprint density at radius 2 is 1.35 bits per heavy atom. The second-order valence-corrected chi connectivity index (χ2v) is 4.87. The summed E-state index contributed by atoms with van der Waals surface area (Å²) < 4.78 is 21.1. The number of ether oxygens (including phenoxy) is 4. The zero-order valence-electron chi connectivity index (χ0n) is 13.7. The van der Waals surface area contributed by atoms with Crippen LogP contribution in [0.25, 0.3) is 0 Å². The van der Waals surface area contributed by atoms with Gasteiger partial charge in [0.05, 0.1) is 34.4 Å². The molecule has 2 aromatic rings. The van der Waals surface area contributed by atoms with E-state index in [1.54, 1.807) is 46.6 Å². The predicted octanol–water partition coefficient (Wildman–Crippen LogP) is 3.05. The Morgan fingerprint density at radius 1 is 0.739 bits per heavy atom. The van der Waals surface area contributed by atoms with E-state index in [1.165, 1.54) is 0 Å². The molecule has 1 unspecified atom stereocenters. The summed E-state index contributed by atoms with van der Waals surface area (Å²) in [5.41, 5.74) is 1.58. The van der Waals surface area contributed by atoms with Crippen LogP contribution in [0, 0.1) is 0 Å². The third kappa shape index (κ3) is 3.56. The fourth-order valence-electron chi connectivity index (χ4n) is 2.40. The molecular weight excluding hydrogens is 296 g/mol. The Balaban J connectivity index is 2.49. The van der Waals surface area contributed by atoms with Crippen molar-refractivity contribution in [2.45, 2.75) is 5.92 Å². The molecule has 122 valence electrons. The first-order valence-electron chi connectivity index (χ1n) is 7.07. The zero-order valence-corrected chi connectivity index (χ0v) is 13.7. The fraction of sp³-hybridized carbons (Fsp3) is 0.278. The number of hydrogen-bond donors (Lipinski definition) is 0. The van der Waals surface area contributed by atoms with Gasteiger partial charge < -0.3 is 23.7 Å². The van der Waals surface area contributed by atoms with Crippen LogP contribution in [-0.4, -0.2) is 34.7 Å². The smallest absolute Gasteiger partial charge is 0.161 e. The van der Waals surface area contributed by atoms with Gasteiger partial charge in [0.2, 0.25) is 0 Å². The van der Waals surface area contributed by atoms with Crippen molar-refractivity contribution < 1.29 is 23.7 Å². The lowest BCUT2D eigenvalue weighted by Crippen LogP contribution is -2.04. The van der Waals surface area contributed by atoms with Crippen molar-refractivity contribution in [3.05, 3.63) is 47.5 Å². The molecule has 0 aromatic heterocycles. The molecule has 0 amide bonds. The highest BCUT2D eigenvalue weighted by Crippen LogP contribution is 2.35. The average Bonchev–Trinajstić information content (AvgIpc) is 2.61. The van der Waals surface area contributed by atoms with Crippen molar-refractivity contribution in [3.63, 3.8) is 0 Å². The largest absolute Gasteiger partial charge is 0.497 e. The van der Waals surface area contributed by atoms with E-state index >= 15 is 0 Å². The minimum absolute atomic E-state index is 0.459. The van der Waals surface area contributed by atoms with Gasteiger partial charge in [-0.1, -0.05) is 6.07 Å². The molecule has 5 nitrogen and oxygen atoms in total. The first kappa shape index (κ1) is 16.7. The number of benzene rings is 2. The first-order chi connectivity index (χ1) is 11.2. The number of methoxy groups -OCH3 is 4. The van der Waals surface area contributed by atoms with Crippen LogP contribution in [0.2, 0.25) is 0 Å². The molecule has 23 heavy (non-hydrogen) atoms. The Morgan fingerprint density at radius 3 is 1.83 bits per heavy atom. The molecule has 0 aliphatic heterocycles. The number of carbonyl (C=O) groups is 1. The van der Waals surface area contributed by atoms with E-state index in [1.807, 2.05) is 18.2 Å². The van der Waals surface area contributed by atoms with Gasteiger partial charge in [0.1, 0.15) is 17.8 Å². The number of hydrogen-bond acceptors (Lipinski definition) is 5. The van der Waals surface area contributed by atoms with E-state index < -0.39 is 5.92 Å². The highest BCUT2D eigenvalue weighted by atomic mass is 16.5. The molecule has 0 spiro atoms. The lowest BCUT2D eigenvalue weighted by Gasteiger charge is -2.16. The van der Waals surface area contributed by atoms with Crippen LogP contribution in [0.5, 0.6) is 23.0 Å². The minimum atomic E-state index is -0.459. The molecule has 0 saturated heterocycles. The van der Waals surface area contributed by atoms with Crippen molar-refractivity contribution in [1.82, 2.24) is 0 Å². The summed E-state index contributed by atoms with van der Waals surface area (Å²) in [7, 11) is 6.28. The maximum Gasteiger partial charge on any atom is 0.161 e. The molecule has 0 radical (unpaired) electrons. The van der Waals surface area contributed by atoms with Crippen LogP contribution in [0.15, 0.2) is 36.4 Å². The van der Waals surface area contributed by atoms with Gasteiger partial charge in [-0.15, -0.1) is 0 Å². The van der Waals surface area contributed by atoms with E-state index in [2.05, 4.69) is 0 Å². The fourth-order valence-corrected chi connectivity index (χ4v) is 2.40. The van der Waals surface area contributed by atoms with Crippen LogP contribution in [0.1, 0.15) is 17.0 Å². The summed E-state index contributed by atoms with van der Waals surface area (Å²) in [6.45, 7) is 0. The Hall–Kier alpha value is -2.69. The van der Waals surface area contributed by atoms with E-state index in [9.17, 15) is 4.79 Å². The van der Waals surface area contributed by atoms with Gasteiger partial charge in [0.25, 0.3) is 0 Å². The summed E-state index contributed by atoms with van der Waals surface area (Å²) in [6.07, 6.45) is 0.884. The molecule has 1 atom stereocenters. The highest BCUT2D eigenvalue weighted by molar-refractivity contribution is 5.70. The minimum Gasteiger partial charge on any atom is -0.497 e. The van der Waals surface area contributed by atoms with Gasteiger partial charge in [-0.25, -0.2) is 0 Å². The van der Waals surface area contributed by atoms with Crippen LogP contribution in [0.4, 0.5) is 0 Å². The maximum absolute atomic E-state index is 11.7. The third-order valence-corrected chi connectivity index (χ3v) is 3.64. The standard InChI is InChI=1S/C18H20O5/c1-20-14-7-13(8-15(10-14)21-2)16(11-19)12-5-6-17(22-3)18(9-12)23-4/h5-11,16H,1-4H3. The van der Waals surface area contributed by atoms with Crippen molar-refractivity contribution in [2.24, 2.45) is 0 Å². The zero-order chi connectivity index (χ0) is 16.8. The van der Waals surface area contributed by atoms with Gasteiger partial charge >= 0.3 is 0 Å². The molecule has 0 aliphatic carbocycles. The second-order valence-electron chi connectivity index (χ2n) is 4.87. The van der Waals surface area contributed by atoms with Crippen molar-refractivity contribution in [1.29, 1.82) is 0 Å². The Labute approximate surface area is 135 Å². The molecule has 0 bridgehead atoms. The maximum atomic E-state index is 11.7. The summed E-state index contributed by atoms with van der Waals surface area (Å²) in [4.78, 5) is 11.7. The average molecular weight is 316 g/mol. The molecule has 0 aliphatic rings. The first-order valence-corrected chi connectivity index (χ1v) is 7.07. The van der Waals surface area contributed by atoms with E-state index in [0.29, 0.717) is 23.0 Å². The van der Waals surface area contributed by atoms with Crippen LogP contribution >= 0.6 is 0 Å². The molecule has 0 fully saturated rings. The summed E-state index contributed by atoms with van der Waals surface area (Å²) in [5, 5.41) is 0. The SMILES string of the molecule is COc1cc(OC)cc(C(C=O)c2ccc(OC)c(OC)c2)c1. The molecule has 2 rings (SSSR count). The molecule has 0 saturated carbocycles. The summed E-state index contributed by atoms with van der Waals surface area (Å²) in [5.74, 6) is 1.99. The quantitative estimate of drug-likeness (QED) is 0.735. The normalized spacial score (nSPS) is 11.5. The predicted molar refractivity (Wildman–Crippen MR) is 87.0 cm³/mol. The summed E-state index contributed by atoms with van der Waals surface area (Å²) in [6, 6.07) is 10.8. The second kappa shape index (κ2) is 7.54. The molecule has 5 heteroatoms. The van der Waals surface area contributed by atoms with Gasteiger partial charge in [0.15, 0.2) is 11.5 Å². The van der Waals surface area contributed by atoms with E-state index in [0.717, 1.165) is 17.4 Å². The van der Waals surface area contributed by atoms with Gasteiger partial charge in [-0.05, 0) is 35.4 Å². The van der Waals surface area contributed by atoms with Gasteiger partial charge in [0, 0.05) is 6.07 Å². The molecular formula is C18H20O5. The van der Waals surface area contributed by atoms with E-state index in [-0.39, 0.29) is 0 Å². The van der Waals surface area contributed by atoms with Gasteiger partial charge in [-0.3, -0.25) is 0 Å². The third-order valence-electron chi connectivity index (χ3n) is 3.64.